The molecule has 0 saturated heterocycles. The third kappa shape index (κ3) is 6.10. The number of hydrogen-bond acceptors (Lipinski definition) is 4. The molecule has 1 atom stereocenters. The summed E-state index contributed by atoms with van der Waals surface area (Å²) in [4.78, 5) is 33.1. The second-order valence-electron chi connectivity index (χ2n) is 7.26. The zero-order valence-electron chi connectivity index (χ0n) is 16.6. The minimum atomic E-state index is -2.23. The van der Waals surface area contributed by atoms with Gasteiger partial charge in [0.25, 0.3) is 0 Å². The summed E-state index contributed by atoms with van der Waals surface area (Å²) in [5, 5.41) is 5.42. The highest BCUT2D eigenvalue weighted by molar-refractivity contribution is 7.14. The van der Waals surface area contributed by atoms with Gasteiger partial charge in [0.05, 0.1) is 5.69 Å². The van der Waals surface area contributed by atoms with Crippen LogP contribution in [-0.2, 0) is 0 Å². The van der Waals surface area contributed by atoms with Gasteiger partial charge in [-0.3, -0.25) is 9.59 Å². The maximum Gasteiger partial charge on any atom is 0.244 e. The first-order valence-corrected chi connectivity index (χ1v) is 12.6. The van der Waals surface area contributed by atoms with Crippen LogP contribution in [0.2, 0.25) is 6.04 Å². The lowest BCUT2D eigenvalue weighted by molar-refractivity contribution is 0.0979. The molecule has 3 rings (SSSR count). The van der Waals surface area contributed by atoms with Gasteiger partial charge >= 0.3 is 0 Å². The summed E-state index contributed by atoms with van der Waals surface area (Å²) in [6, 6.07) is 19.6. The topological polar surface area (TPSA) is 71.1 Å². The van der Waals surface area contributed by atoms with Crippen LogP contribution in [0.3, 0.4) is 0 Å². The molecule has 0 aliphatic carbocycles. The maximum absolute atomic E-state index is 12.9. The average Bonchev–Trinajstić information content (AvgIpc) is 3.20. The molecule has 0 spiro atoms. The van der Waals surface area contributed by atoms with Crippen molar-refractivity contribution in [2.75, 3.05) is 5.32 Å². The first-order chi connectivity index (χ1) is 14.0. The highest BCUT2D eigenvalue weighted by Gasteiger charge is 2.25. The molecular weight excluding hydrogens is 398 g/mol. The number of amides is 2. The average molecular weight is 424 g/mol. The lowest BCUT2D eigenvalue weighted by Gasteiger charge is -2.17. The maximum atomic E-state index is 12.9. The molecule has 1 aromatic heterocycles. The summed E-state index contributed by atoms with van der Waals surface area (Å²) in [5.74, 6) is 0.279. The fourth-order valence-corrected chi connectivity index (χ4v) is 6.02. The van der Waals surface area contributed by atoms with Crippen molar-refractivity contribution in [2.24, 2.45) is 5.92 Å². The Morgan fingerprint density at radius 2 is 1.69 bits per heavy atom. The van der Waals surface area contributed by atoms with Crippen LogP contribution in [-0.4, -0.2) is 25.4 Å². The summed E-state index contributed by atoms with van der Waals surface area (Å²) in [5.41, 5.74) is 2.31. The van der Waals surface area contributed by atoms with Gasteiger partial charge in [0.2, 0.25) is 20.4 Å². The van der Waals surface area contributed by atoms with Crippen LogP contribution >= 0.6 is 11.3 Å². The van der Waals surface area contributed by atoms with Gasteiger partial charge in [0, 0.05) is 16.5 Å². The summed E-state index contributed by atoms with van der Waals surface area (Å²) in [7, 11) is -2.23. The molecule has 3 aromatic rings. The molecule has 150 valence electrons. The number of benzene rings is 2. The van der Waals surface area contributed by atoms with E-state index < -0.39 is 8.96 Å². The van der Waals surface area contributed by atoms with Crippen LogP contribution in [0.4, 0.5) is 9.93 Å². The molecule has 1 heterocycles. The van der Waals surface area contributed by atoms with Gasteiger partial charge in [-0.25, -0.2) is 4.98 Å². The molecule has 2 amide bonds. The summed E-state index contributed by atoms with van der Waals surface area (Å²) in [6.45, 7) is 4.24. The molecule has 0 aliphatic heterocycles. The van der Waals surface area contributed by atoms with Crippen molar-refractivity contribution in [1.82, 2.24) is 9.97 Å². The number of carbonyl (C=O) groups is 2. The van der Waals surface area contributed by atoms with Gasteiger partial charge in [0.1, 0.15) is 0 Å². The molecular formula is C22H25N3O2SSi. The number of hydrogen-bond donors (Lipinski definition) is 2. The molecule has 2 aromatic carbocycles. The second kappa shape index (κ2) is 10.1. The SMILES string of the molecule is CC(C)CC[Si@H](NC(=O)c1ccccc1)C(=O)Nc1nc(-c2ccccc2)cs1. The van der Waals surface area contributed by atoms with Crippen molar-refractivity contribution in [3.8, 4) is 11.3 Å². The van der Waals surface area contributed by atoms with E-state index in [0.29, 0.717) is 22.7 Å². The van der Waals surface area contributed by atoms with Crippen molar-refractivity contribution in [3.05, 3.63) is 71.6 Å². The molecule has 7 heteroatoms. The van der Waals surface area contributed by atoms with E-state index in [4.69, 9.17) is 0 Å². The fourth-order valence-electron chi connectivity index (χ4n) is 2.87. The Kier molecular flexibility index (Phi) is 7.32. The quantitative estimate of drug-likeness (QED) is 0.494. The van der Waals surface area contributed by atoms with E-state index in [1.165, 1.54) is 11.3 Å². The van der Waals surface area contributed by atoms with Crippen LogP contribution < -0.4 is 10.3 Å². The van der Waals surface area contributed by atoms with Crippen LogP contribution in [0.5, 0.6) is 0 Å². The van der Waals surface area contributed by atoms with Crippen LogP contribution in [0.25, 0.3) is 11.3 Å². The van der Waals surface area contributed by atoms with E-state index in [9.17, 15) is 9.59 Å². The molecule has 0 fully saturated rings. The Bertz CT molecular complexity index is 945. The number of carbonyl (C=O) groups excluding carboxylic acids is 2. The normalized spacial score (nSPS) is 11.8. The summed E-state index contributed by atoms with van der Waals surface area (Å²) < 4.78 is 0. The number of anilines is 1. The van der Waals surface area contributed by atoms with Crippen molar-refractivity contribution in [1.29, 1.82) is 0 Å². The van der Waals surface area contributed by atoms with Crippen LogP contribution in [0, 0.1) is 5.92 Å². The molecule has 0 bridgehead atoms. The fraction of sp³-hybridized carbons (Fsp3) is 0.227. The van der Waals surface area contributed by atoms with E-state index >= 15 is 0 Å². The Morgan fingerprint density at radius 3 is 2.34 bits per heavy atom. The minimum absolute atomic E-state index is 0.108. The van der Waals surface area contributed by atoms with E-state index in [-0.39, 0.29) is 11.4 Å². The Hall–Kier alpha value is -2.77. The lowest BCUT2D eigenvalue weighted by Crippen LogP contribution is -2.47. The number of thiazole rings is 1. The van der Waals surface area contributed by atoms with Gasteiger partial charge in [-0.1, -0.05) is 68.8 Å². The Balaban J connectivity index is 1.69. The van der Waals surface area contributed by atoms with E-state index in [2.05, 4.69) is 29.1 Å². The molecule has 0 radical (unpaired) electrons. The molecule has 29 heavy (non-hydrogen) atoms. The van der Waals surface area contributed by atoms with E-state index in [1.54, 1.807) is 12.1 Å². The summed E-state index contributed by atoms with van der Waals surface area (Å²) >= 11 is 1.40. The third-order valence-corrected chi connectivity index (χ3v) is 7.55. The third-order valence-electron chi connectivity index (χ3n) is 4.49. The standard InChI is InChI=1S/C22H25N3O2SSi/c1-16(2)13-14-29(25-20(26)18-11-7-4-8-12-18)22(27)24-21-23-19(15-28-21)17-9-5-3-6-10-17/h3-12,15-16,29H,13-14H2,1-2H3,(H,25,26)(H,23,24,27)/t29-/m0/s1. The predicted molar refractivity (Wildman–Crippen MR) is 122 cm³/mol. The van der Waals surface area contributed by atoms with Crippen molar-refractivity contribution in [2.45, 2.75) is 26.3 Å². The first kappa shape index (κ1) is 20.9. The molecule has 0 saturated carbocycles. The van der Waals surface area contributed by atoms with Gasteiger partial charge in [-0.2, -0.15) is 0 Å². The number of rotatable bonds is 8. The van der Waals surface area contributed by atoms with Gasteiger partial charge < -0.3 is 10.3 Å². The van der Waals surface area contributed by atoms with Gasteiger partial charge in [-0.15, -0.1) is 11.3 Å². The van der Waals surface area contributed by atoms with Crippen LogP contribution in [0.15, 0.2) is 66.0 Å². The molecule has 0 aliphatic rings. The van der Waals surface area contributed by atoms with Crippen molar-refractivity contribution < 1.29 is 9.59 Å². The monoisotopic (exact) mass is 423 g/mol. The molecule has 0 unspecified atom stereocenters. The number of aromatic nitrogens is 1. The van der Waals surface area contributed by atoms with Gasteiger partial charge in [-0.05, 0) is 24.1 Å². The zero-order valence-corrected chi connectivity index (χ0v) is 18.6. The highest BCUT2D eigenvalue weighted by atomic mass is 32.1. The second-order valence-corrected chi connectivity index (χ2v) is 10.6. The number of nitrogens with one attached hydrogen (secondary N) is 2. The number of nitrogens with zero attached hydrogens (tertiary/aromatic N) is 1. The summed E-state index contributed by atoms with van der Waals surface area (Å²) in [6.07, 6.45) is 0.895. The molecule has 2 N–H and O–H groups in total. The van der Waals surface area contributed by atoms with E-state index in [0.717, 1.165) is 17.7 Å². The van der Waals surface area contributed by atoms with Crippen LogP contribution in [0.1, 0.15) is 30.6 Å². The first-order valence-electron chi connectivity index (χ1n) is 9.70. The highest BCUT2D eigenvalue weighted by Crippen LogP contribution is 2.24. The van der Waals surface area contributed by atoms with Crippen molar-refractivity contribution in [3.63, 3.8) is 0 Å². The smallest absolute Gasteiger partial charge is 0.244 e. The zero-order chi connectivity index (χ0) is 20.6. The van der Waals surface area contributed by atoms with Crippen molar-refractivity contribution >= 4 is 36.9 Å². The predicted octanol–water partition coefficient (Wildman–Crippen LogP) is 5.12. The largest absolute Gasteiger partial charge is 0.372 e. The van der Waals surface area contributed by atoms with E-state index in [1.807, 2.05) is 53.9 Å². The molecule has 5 nitrogen and oxygen atoms in total. The Morgan fingerprint density at radius 1 is 1.03 bits per heavy atom. The lowest BCUT2D eigenvalue weighted by atomic mass is 10.2. The van der Waals surface area contributed by atoms with Gasteiger partial charge in [0.15, 0.2) is 5.13 Å². The Labute approximate surface area is 176 Å². The minimum Gasteiger partial charge on any atom is -0.372 e.